The highest BCUT2D eigenvalue weighted by Gasteiger charge is 2.41. The van der Waals surface area contributed by atoms with Crippen LogP contribution >= 0.6 is 12.6 Å². The van der Waals surface area contributed by atoms with Gasteiger partial charge in [0.2, 0.25) is 35.3 Å². The Morgan fingerprint density at radius 3 is 2.04 bits per heavy atom. The molecular weight excluding hydrogens is 1040 g/mol. The van der Waals surface area contributed by atoms with Crippen LogP contribution in [0.25, 0.3) is 0 Å². The first-order chi connectivity index (χ1) is 37.2. The summed E-state index contributed by atoms with van der Waals surface area (Å²) >= 11 is 3.83. The quantitative estimate of drug-likeness (QED) is 0.0209. The van der Waals surface area contributed by atoms with Crippen molar-refractivity contribution in [2.24, 2.45) is 5.41 Å². The Morgan fingerprint density at radius 2 is 1.38 bits per heavy atom. The summed E-state index contributed by atoms with van der Waals surface area (Å²) in [5.41, 5.74) is 0.992. The molecule has 0 bridgehead atoms. The first-order valence-electron chi connectivity index (χ1n) is 25.8. The molecule has 25 heteroatoms. The van der Waals surface area contributed by atoms with Crippen LogP contribution in [0.1, 0.15) is 102 Å². The lowest BCUT2D eigenvalue weighted by molar-refractivity contribution is -0.164. The number of amides is 6. The molecule has 1 fully saturated rings. The van der Waals surface area contributed by atoms with Crippen molar-refractivity contribution in [3.8, 4) is 11.5 Å². The highest BCUT2D eigenvalue weighted by Crippen LogP contribution is 2.32. The van der Waals surface area contributed by atoms with Gasteiger partial charge < -0.3 is 70.1 Å². The number of piperidine rings is 1. The van der Waals surface area contributed by atoms with Crippen molar-refractivity contribution in [1.82, 2.24) is 26.2 Å². The monoisotopic (exact) mass is 1120 g/mol. The zero-order chi connectivity index (χ0) is 57.6. The molecule has 1 saturated heterocycles. The van der Waals surface area contributed by atoms with E-state index in [1.54, 1.807) is 51.3 Å². The highest BCUT2D eigenvalue weighted by atomic mass is 32.1. The van der Waals surface area contributed by atoms with Crippen LogP contribution in [0.2, 0.25) is 0 Å². The number of nitrogens with one attached hydrogen (secondary N) is 5. The number of aliphatic carboxylic acids is 2. The maximum absolute atomic E-state index is 14.0. The third-order valence-electron chi connectivity index (χ3n) is 12.5. The first kappa shape index (κ1) is 65.5. The average Bonchev–Trinajstić information content (AvgIpc) is 3.44. The van der Waals surface area contributed by atoms with Gasteiger partial charge in [-0.15, -0.1) is 0 Å². The fraction of sp³-hybridized carbons (Fsp3) is 0.585. The number of likely N-dealkylation sites (tertiary alicyclic amines) is 1. The van der Waals surface area contributed by atoms with Crippen LogP contribution < -0.4 is 36.1 Å². The maximum Gasteiger partial charge on any atom is 0.329 e. The van der Waals surface area contributed by atoms with Crippen LogP contribution in [0, 0.1) is 5.41 Å². The van der Waals surface area contributed by atoms with E-state index in [2.05, 4.69) is 39.2 Å². The molecule has 2 aromatic rings. The molecule has 1 aliphatic heterocycles. The lowest BCUT2D eigenvalue weighted by Crippen LogP contribution is -2.53. The van der Waals surface area contributed by atoms with E-state index < -0.39 is 89.3 Å². The molecule has 3 rings (SSSR count). The molecule has 1 aliphatic rings. The van der Waals surface area contributed by atoms with Gasteiger partial charge in [0.15, 0.2) is 11.5 Å². The van der Waals surface area contributed by atoms with E-state index in [0.29, 0.717) is 61.3 Å². The van der Waals surface area contributed by atoms with Gasteiger partial charge in [0.05, 0.1) is 60.3 Å². The van der Waals surface area contributed by atoms with Gasteiger partial charge >= 0.3 is 17.9 Å². The third-order valence-corrected chi connectivity index (χ3v) is 12.9. The summed E-state index contributed by atoms with van der Waals surface area (Å²) in [6, 6.07) is 8.49. The summed E-state index contributed by atoms with van der Waals surface area (Å²) in [7, 11) is 3.08. The van der Waals surface area contributed by atoms with Crippen molar-refractivity contribution in [2.45, 2.75) is 116 Å². The number of carboxylic acids is 2. The van der Waals surface area contributed by atoms with E-state index in [9.17, 15) is 47.9 Å². The number of hydrogen-bond acceptors (Lipinski definition) is 17. The van der Waals surface area contributed by atoms with Gasteiger partial charge in [-0.3, -0.25) is 38.4 Å². The van der Waals surface area contributed by atoms with Gasteiger partial charge in [-0.05, 0) is 73.9 Å². The number of anilines is 1. The normalized spacial score (nSPS) is 14.4. The van der Waals surface area contributed by atoms with E-state index in [1.807, 2.05) is 19.1 Å². The number of carboxylic acid groups (broad SMARTS) is 2. The van der Waals surface area contributed by atoms with Gasteiger partial charge in [0.25, 0.3) is 5.91 Å². The number of thiol groups is 1. The Bertz CT molecular complexity index is 2350. The number of carbonyl (C=O) groups is 10. The van der Waals surface area contributed by atoms with Crippen molar-refractivity contribution in [2.75, 3.05) is 84.6 Å². The van der Waals surface area contributed by atoms with Gasteiger partial charge in [-0.25, -0.2) is 9.59 Å². The average molecular weight is 1120 g/mol. The Labute approximate surface area is 459 Å². The van der Waals surface area contributed by atoms with Crippen molar-refractivity contribution < 1.29 is 86.6 Å². The summed E-state index contributed by atoms with van der Waals surface area (Å²) in [5.74, 6) is -6.78. The zero-order valence-corrected chi connectivity index (χ0v) is 45.9. The highest BCUT2D eigenvalue weighted by molar-refractivity contribution is 7.80. The number of hydrogen-bond donors (Lipinski definition) is 8. The molecule has 2 unspecified atom stereocenters. The van der Waals surface area contributed by atoms with Crippen LogP contribution in [0.5, 0.6) is 11.5 Å². The van der Waals surface area contributed by atoms with E-state index in [0.717, 1.165) is 5.56 Å². The lowest BCUT2D eigenvalue weighted by atomic mass is 9.84. The Hall–Kier alpha value is -6.83. The molecule has 4 atom stereocenters. The summed E-state index contributed by atoms with van der Waals surface area (Å²) in [5, 5.41) is 30.5. The van der Waals surface area contributed by atoms with Gasteiger partial charge in [-0.1, -0.05) is 39.0 Å². The summed E-state index contributed by atoms with van der Waals surface area (Å²) in [6.45, 7) is 6.67. The molecule has 0 saturated carbocycles. The molecule has 432 valence electrons. The Balaban J connectivity index is 1.36. The molecule has 2 aromatic carbocycles. The van der Waals surface area contributed by atoms with Gasteiger partial charge in [-0.2, -0.15) is 12.6 Å². The number of aryl methyl sites for hydroxylation is 1. The molecule has 78 heavy (non-hydrogen) atoms. The standard InChI is InChI=1S/C53H76N6O18S/c1-6-53(2,3)48(66)50(68)59-23-8-7-12-39(59)52(71)77-40(15-13-34-14-16-41(72-4)42(30-34)73-5)35-10-9-11-36(31-35)56-45(62)18-17-43(60)55-22-25-75-27-29-76-28-26-74-24-20-44(61)54-21-19-46(63)57-37(32-47(64)65)49(67)58-38(33-78)51(69)70/h9-11,14,16,30-31,37-40,78H,6-8,12-13,15,17-29,32-33H2,1-5H3,(H,54,61)(H,55,60)(H,56,62)(H,57,63)(H,58,67)(H,64,65)(H,69,70)/t37-,38-,39?,40?/m0/s1. The second-order valence-corrected chi connectivity index (χ2v) is 19.1. The number of Topliss-reactive ketones (excluding diaryl/α,β-unsaturated/α-hetero) is 1. The molecular formula is C53H76N6O18S. The Kier molecular flexibility index (Phi) is 29.2. The predicted molar refractivity (Wildman–Crippen MR) is 285 cm³/mol. The molecule has 0 spiro atoms. The summed E-state index contributed by atoms with van der Waals surface area (Å²) < 4.78 is 33.4. The van der Waals surface area contributed by atoms with Crippen LogP contribution in [-0.2, 0) is 73.3 Å². The second kappa shape index (κ2) is 34.8. The number of nitrogens with zero attached hydrogens (tertiary/aromatic N) is 1. The Morgan fingerprint density at radius 1 is 0.731 bits per heavy atom. The maximum atomic E-state index is 14.0. The largest absolute Gasteiger partial charge is 0.493 e. The molecule has 0 aliphatic carbocycles. The fourth-order valence-electron chi connectivity index (χ4n) is 7.68. The number of esters is 1. The summed E-state index contributed by atoms with van der Waals surface area (Å²) in [6.07, 6.45) is 0.774. The minimum Gasteiger partial charge on any atom is -0.493 e. The smallest absolute Gasteiger partial charge is 0.329 e. The van der Waals surface area contributed by atoms with Gasteiger partial charge in [0, 0.05) is 62.2 Å². The number of methoxy groups -OCH3 is 2. The van der Waals surface area contributed by atoms with Gasteiger partial charge in [0.1, 0.15) is 24.2 Å². The second-order valence-electron chi connectivity index (χ2n) is 18.7. The third kappa shape index (κ3) is 23.4. The minimum absolute atomic E-state index is 0.0270. The topological polar surface area (TPSA) is 330 Å². The SMILES string of the molecule is CCC(C)(C)C(=O)C(=O)N1CCCCC1C(=O)OC(CCc1ccc(OC)c(OC)c1)c1cccc(NC(=O)CCC(=O)NCCOCCOCCOCCC(=O)NCCC(=O)N[C@@H](CC(=O)O)C(=O)N[C@@H](CS)C(=O)O)c1. The number of carbonyl (C=O) groups excluding carboxylic acids is 8. The molecule has 7 N–H and O–H groups in total. The van der Waals surface area contributed by atoms with Crippen molar-refractivity contribution in [3.63, 3.8) is 0 Å². The van der Waals surface area contributed by atoms with Crippen molar-refractivity contribution in [3.05, 3.63) is 53.6 Å². The molecule has 6 amide bonds. The van der Waals surface area contributed by atoms with Crippen molar-refractivity contribution >= 4 is 77.5 Å². The molecule has 1 heterocycles. The molecule has 24 nitrogen and oxygen atoms in total. The minimum atomic E-state index is -1.54. The van der Waals surface area contributed by atoms with Crippen LogP contribution in [0.4, 0.5) is 5.69 Å². The number of ether oxygens (including phenoxy) is 6. The first-order valence-corrected chi connectivity index (χ1v) is 26.4. The van der Waals surface area contributed by atoms with E-state index in [1.165, 1.54) is 12.0 Å². The zero-order valence-electron chi connectivity index (χ0n) is 45.0. The number of benzene rings is 2. The predicted octanol–water partition coefficient (Wildman–Crippen LogP) is 2.55. The van der Waals surface area contributed by atoms with E-state index >= 15 is 0 Å². The van der Waals surface area contributed by atoms with E-state index in [-0.39, 0.29) is 96.6 Å². The van der Waals surface area contributed by atoms with Crippen LogP contribution in [0.15, 0.2) is 42.5 Å². The lowest BCUT2D eigenvalue weighted by Gasteiger charge is -2.36. The van der Waals surface area contributed by atoms with Crippen molar-refractivity contribution in [1.29, 1.82) is 0 Å². The van der Waals surface area contributed by atoms with Crippen LogP contribution in [-0.4, -0.2) is 172 Å². The number of rotatable bonds is 37. The molecule has 0 aromatic heterocycles. The molecule has 0 radical (unpaired) electrons. The number of ketones is 1. The summed E-state index contributed by atoms with van der Waals surface area (Å²) in [4.78, 5) is 127. The van der Waals surface area contributed by atoms with Crippen LogP contribution in [0.3, 0.4) is 0 Å². The fourth-order valence-corrected chi connectivity index (χ4v) is 7.93. The van der Waals surface area contributed by atoms with E-state index in [4.69, 9.17) is 38.6 Å².